The molecule has 34 heavy (non-hydrogen) atoms. The molecule has 0 atom stereocenters. The fraction of sp³-hybridized carbons (Fsp3) is 0.185. The van der Waals surface area contributed by atoms with Gasteiger partial charge in [0.2, 0.25) is 0 Å². The molecule has 0 unspecified atom stereocenters. The number of fused-ring (bicyclic) bond motifs is 3. The Kier molecular flexibility index (Phi) is 6.56. The number of ether oxygens (including phenoxy) is 3. The molecule has 7 heteroatoms. The zero-order chi connectivity index (χ0) is 23.3. The summed E-state index contributed by atoms with van der Waals surface area (Å²) in [6.07, 6.45) is 1.88. The van der Waals surface area contributed by atoms with E-state index in [2.05, 4.69) is 4.98 Å². The molecular weight excluding hydrogens is 448 g/mol. The molecule has 0 aliphatic carbocycles. The van der Waals surface area contributed by atoms with Crippen LogP contribution in [0.25, 0.3) is 22.1 Å². The van der Waals surface area contributed by atoms with E-state index in [1.54, 1.807) is 4.40 Å². The maximum Gasteiger partial charge on any atom is 0.274 e. The van der Waals surface area contributed by atoms with Gasteiger partial charge >= 0.3 is 0 Å². The number of hydrogen-bond donors (Lipinski definition) is 0. The number of thiazole rings is 1. The highest BCUT2D eigenvalue weighted by Crippen LogP contribution is 2.17. The second-order valence-corrected chi connectivity index (χ2v) is 8.84. The van der Waals surface area contributed by atoms with E-state index in [1.165, 1.54) is 16.9 Å². The average Bonchev–Trinajstić information content (AvgIpc) is 3.36. The summed E-state index contributed by atoms with van der Waals surface area (Å²) in [7, 11) is 0. The van der Waals surface area contributed by atoms with Gasteiger partial charge in [0.05, 0.1) is 28.8 Å². The highest BCUT2D eigenvalue weighted by atomic mass is 32.1. The van der Waals surface area contributed by atoms with Gasteiger partial charge in [0, 0.05) is 0 Å². The Morgan fingerprint density at radius 1 is 0.882 bits per heavy atom. The van der Waals surface area contributed by atoms with Crippen molar-refractivity contribution in [3.05, 3.63) is 98.8 Å². The number of imidazole rings is 1. The molecule has 0 bridgehead atoms. The highest BCUT2D eigenvalue weighted by Gasteiger charge is 2.10. The zero-order valence-electron chi connectivity index (χ0n) is 18.8. The largest absolute Gasteiger partial charge is 0.491 e. The summed E-state index contributed by atoms with van der Waals surface area (Å²) in [4.78, 5) is 18.2. The molecule has 0 amide bonds. The molecule has 0 fully saturated rings. The number of nitrogens with zero attached hydrogens (tertiary/aromatic N) is 2. The van der Waals surface area contributed by atoms with E-state index in [4.69, 9.17) is 14.2 Å². The van der Waals surface area contributed by atoms with Gasteiger partial charge in [0.1, 0.15) is 24.7 Å². The first-order valence-electron chi connectivity index (χ1n) is 11.1. The van der Waals surface area contributed by atoms with Crippen molar-refractivity contribution in [2.24, 2.45) is 0 Å². The topological polar surface area (TPSA) is 62.1 Å². The lowest BCUT2D eigenvalue weighted by Crippen LogP contribution is -2.22. The minimum absolute atomic E-state index is 0.0544. The van der Waals surface area contributed by atoms with E-state index in [9.17, 15) is 4.79 Å². The van der Waals surface area contributed by atoms with Gasteiger partial charge in [0.25, 0.3) is 5.56 Å². The third-order valence-electron chi connectivity index (χ3n) is 5.31. The summed E-state index contributed by atoms with van der Waals surface area (Å²) in [5.41, 5.74) is 3.71. The Morgan fingerprint density at radius 3 is 2.47 bits per heavy atom. The standard InChI is InChI=1S/C27H24N2O4S/c1-19-9-11-21(12-10-19)32-15-13-31-14-16-33-22-6-4-5-20(17-22)18-25-26(30)29-24-8-3-2-7-23(24)28-27(29)34-25/h2-12,17-18H,13-16H2,1H3. The van der Waals surface area contributed by atoms with E-state index >= 15 is 0 Å². The SMILES string of the molecule is Cc1ccc(OCCOCCOc2cccc(C=c3sc4nc5ccccc5n4c3=O)c2)cc1. The molecule has 3 aromatic carbocycles. The molecule has 6 nitrogen and oxygen atoms in total. The van der Waals surface area contributed by atoms with Crippen LogP contribution in [-0.2, 0) is 4.74 Å². The fourth-order valence-electron chi connectivity index (χ4n) is 3.63. The zero-order valence-corrected chi connectivity index (χ0v) is 19.6. The van der Waals surface area contributed by atoms with E-state index in [-0.39, 0.29) is 5.56 Å². The minimum atomic E-state index is -0.0544. The van der Waals surface area contributed by atoms with Crippen molar-refractivity contribution < 1.29 is 14.2 Å². The van der Waals surface area contributed by atoms with Crippen LogP contribution >= 0.6 is 11.3 Å². The average molecular weight is 473 g/mol. The normalized spacial score (nSPS) is 12.0. The number of benzene rings is 3. The van der Waals surface area contributed by atoms with Crippen molar-refractivity contribution >= 4 is 33.4 Å². The van der Waals surface area contributed by atoms with Crippen molar-refractivity contribution in [2.75, 3.05) is 26.4 Å². The smallest absolute Gasteiger partial charge is 0.274 e. The molecule has 0 radical (unpaired) electrons. The molecular formula is C27H24N2O4S. The number of rotatable bonds is 9. The first kappa shape index (κ1) is 22.1. The quantitative estimate of drug-likeness (QED) is 0.300. The number of aryl methyl sites for hydroxylation is 1. The van der Waals surface area contributed by atoms with E-state index < -0.39 is 0 Å². The van der Waals surface area contributed by atoms with Gasteiger partial charge in [-0.05, 0) is 55.0 Å². The molecule has 0 aliphatic rings. The Bertz CT molecular complexity index is 1520. The lowest BCUT2D eigenvalue weighted by Gasteiger charge is -2.09. The summed E-state index contributed by atoms with van der Waals surface area (Å²) in [6.45, 7) is 3.92. The number of hydrogen-bond acceptors (Lipinski definition) is 6. The molecule has 0 aliphatic heterocycles. The van der Waals surface area contributed by atoms with Crippen molar-refractivity contribution in [2.45, 2.75) is 6.92 Å². The Balaban J connectivity index is 1.16. The van der Waals surface area contributed by atoms with Crippen molar-refractivity contribution in [1.29, 1.82) is 0 Å². The van der Waals surface area contributed by atoms with Gasteiger partial charge in [-0.1, -0.05) is 53.3 Å². The van der Waals surface area contributed by atoms with Crippen LogP contribution in [-0.4, -0.2) is 35.8 Å². The Labute approximate surface area is 200 Å². The van der Waals surface area contributed by atoms with E-state index in [0.717, 1.165) is 28.1 Å². The third-order valence-corrected chi connectivity index (χ3v) is 6.28. The maximum atomic E-state index is 12.9. The van der Waals surface area contributed by atoms with Gasteiger partial charge in [0.15, 0.2) is 4.96 Å². The first-order valence-corrected chi connectivity index (χ1v) is 11.9. The highest BCUT2D eigenvalue weighted by molar-refractivity contribution is 7.15. The number of para-hydroxylation sites is 2. The lowest BCUT2D eigenvalue weighted by molar-refractivity contribution is 0.0764. The molecule has 0 spiro atoms. The Morgan fingerprint density at radius 2 is 1.65 bits per heavy atom. The second-order valence-electron chi connectivity index (χ2n) is 7.83. The molecule has 5 rings (SSSR count). The lowest BCUT2D eigenvalue weighted by atomic mass is 10.2. The predicted molar refractivity (Wildman–Crippen MR) is 135 cm³/mol. The van der Waals surface area contributed by atoms with E-state index in [0.29, 0.717) is 35.9 Å². The van der Waals surface area contributed by atoms with Crippen LogP contribution < -0.4 is 19.6 Å². The van der Waals surface area contributed by atoms with Crippen LogP contribution in [0.5, 0.6) is 11.5 Å². The monoisotopic (exact) mass is 472 g/mol. The fourth-order valence-corrected chi connectivity index (χ4v) is 4.62. The van der Waals surface area contributed by atoms with Gasteiger partial charge in [-0.2, -0.15) is 0 Å². The van der Waals surface area contributed by atoms with Crippen molar-refractivity contribution in [1.82, 2.24) is 9.38 Å². The third kappa shape index (κ3) is 4.95. The predicted octanol–water partition coefficient (Wildman–Crippen LogP) is 4.24. The van der Waals surface area contributed by atoms with Crippen LogP contribution in [0.3, 0.4) is 0 Å². The van der Waals surface area contributed by atoms with Crippen molar-refractivity contribution in [3.8, 4) is 11.5 Å². The van der Waals surface area contributed by atoms with E-state index in [1.807, 2.05) is 85.8 Å². The summed E-state index contributed by atoms with van der Waals surface area (Å²) in [5, 5.41) is 0. The molecule has 172 valence electrons. The maximum absolute atomic E-state index is 12.9. The van der Waals surface area contributed by atoms with Crippen LogP contribution in [0, 0.1) is 6.92 Å². The summed E-state index contributed by atoms with van der Waals surface area (Å²) in [5.74, 6) is 1.57. The van der Waals surface area contributed by atoms with Gasteiger partial charge in [-0.3, -0.25) is 4.79 Å². The Hall–Kier alpha value is -3.68. The molecule has 0 N–H and O–H groups in total. The summed E-state index contributed by atoms with van der Waals surface area (Å²) in [6, 6.07) is 23.3. The summed E-state index contributed by atoms with van der Waals surface area (Å²) >= 11 is 1.39. The minimum Gasteiger partial charge on any atom is -0.491 e. The molecule has 0 saturated carbocycles. The van der Waals surface area contributed by atoms with Gasteiger partial charge in [-0.15, -0.1) is 0 Å². The molecule has 2 heterocycles. The van der Waals surface area contributed by atoms with Crippen LogP contribution in [0.15, 0.2) is 77.6 Å². The van der Waals surface area contributed by atoms with Gasteiger partial charge < -0.3 is 14.2 Å². The summed E-state index contributed by atoms with van der Waals surface area (Å²) < 4.78 is 19.4. The second kappa shape index (κ2) is 10.1. The van der Waals surface area contributed by atoms with Crippen molar-refractivity contribution in [3.63, 3.8) is 0 Å². The molecule has 0 saturated heterocycles. The number of aromatic nitrogens is 2. The van der Waals surface area contributed by atoms with Crippen LogP contribution in [0.4, 0.5) is 0 Å². The molecule has 5 aromatic rings. The first-order chi connectivity index (χ1) is 16.7. The van der Waals surface area contributed by atoms with Gasteiger partial charge in [-0.25, -0.2) is 9.38 Å². The van der Waals surface area contributed by atoms with Crippen LogP contribution in [0.1, 0.15) is 11.1 Å². The van der Waals surface area contributed by atoms with Crippen LogP contribution in [0.2, 0.25) is 0 Å². The molecule has 2 aromatic heterocycles.